The largest absolute Gasteiger partial charge is 0.465 e. The zero-order valence-electron chi connectivity index (χ0n) is 20.5. The number of rotatable bonds is 7. The van der Waals surface area contributed by atoms with E-state index in [4.69, 9.17) is 18.9 Å². The maximum atomic E-state index is 13.0. The van der Waals surface area contributed by atoms with Crippen LogP contribution in [0.4, 0.5) is 0 Å². The predicted molar refractivity (Wildman–Crippen MR) is 137 cm³/mol. The maximum Gasteiger partial charge on any atom is 0.343 e. The zero-order chi connectivity index (χ0) is 27.1. The molecule has 0 fully saturated rings. The van der Waals surface area contributed by atoms with Crippen LogP contribution in [0.15, 0.2) is 97.1 Å². The number of benzene rings is 4. The molecule has 0 saturated carbocycles. The van der Waals surface area contributed by atoms with Gasteiger partial charge >= 0.3 is 23.9 Å². The van der Waals surface area contributed by atoms with Gasteiger partial charge in [-0.2, -0.15) is 0 Å². The number of hydrogen-bond acceptors (Lipinski definition) is 8. The van der Waals surface area contributed by atoms with Crippen molar-refractivity contribution in [1.29, 1.82) is 0 Å². The van der Waals surface area contributed by atoms with E-state index in [0.29, 0.717) is 0 Å². The van der Waals surface area contributed by atoms with E-state index in [1.807, 2.05) is 0 Å². The van der Waals surface area contributed by atoms with Crippen LogP contribution in [0.25, 0.3) is 0 Å². The highest BCUT2D eigenvalue weighted by molar-refractivity contribution is 5.98. The minimum absolute atomic E-state index is 0.0567. The highest BCUT2D eigenvalue weighted by Gasteiger charge is 2.29. The molecule has 0 spiro atoms. The Hall–Kier alpha value is -5.24. The molecule has 0 aliphatic carbocycles. The molecule has 0 heterocycles. The topological polar surface area (TPSA) is 105 Å². The van der Waals surface area contributed by atoms with E-state index < -0.39 is 23.9 Å². The Labute approximate surface area is 218 Å². The average molecular weight is 510 g/mol. The lowest BCUT2D eigenvalue weighted by Gasteiger charge is -2.19. The maximum absolute atomic E-state index is 13.0. The molecule has 0 atom stereocenters. The summed E-state index contributed by atoms with van der Waals surface area (Å²) in [5.41, 5.74) is 0.688. The van der Waals surface area contributed by atoms with Crippen molar-refractivity contribution < 1.29 is 38.1 Å². The van der Waals surface area contributed by atoms with Crippen LogP contribution >= 0.6 is 0 Å². The second-order valence-electron chi connectivity index (χ2n) is 7.96. The second-order valence-corrected chi connectivity index (χ2v) is 7.96. The van der Waals surface area contributed by atoms with Gasteiger partial charge in [0.2, 0.25) is 5.75 Å². The highest BCUT2D eigenvalue weighted by Crippen LogP contribution is 2.43. The van der Waals surface area contributed by atoms with Gasteiger partial charge in [0.1, 0.15) is 0 Å². The van der Waals surface area contributed by atoms with E-state index in [1.165, 1.54) is 56.5 Å². The Morgan fingerprint density at radius 1 is 0.526 bits per heavy atom. The van der Waals surface area contributed by atoms with E-state index >= 15 is 0 Å². The van der Waals surface area contributed by atoms with Gasteiger partial charge in [0.15, 0.2) is 11.5 Å². The lowest BCUT2D eigenvalue weighted by atomic mass is 10.1. The first-order valence-corrected chi connectivity index (χ1v) is 11.5. The lowest BCUT2D eigenvalue weighted by molar-refractivity contribution is 0.0591. The molecule has 4 rings (SSSR count). The second kappa shape index (κ2) is 11.7. The van der Waals surface area contributed by atoms with Gasteiger partial charge in [0.25, 0.3) is 0 Å². The molecule has 8 heteroatoms. The summed E-state index contributed by atoms with van der Waals surface area (Å²) < 4.78 is 21.7. The van der Waals surface area contributed by atoms with Crippen molar-refractivity contribution in [3.05, 3.63) is 125 Å². The Bertz CT molecular complexity index is 1480. The number of ether oxygens (including phenoxy) is 4. The molecule has 0 aromatic heterocycles. The van der Waals surface area contributed by atoms with Crippen molar-refractivity contribution in [3.8, 4) is 17.2 Å². The lowest BCUT2D eigenvalue weighted by Crippen LogP contribution is -2.18. The molecule has 190 valence electrons. The predicted octanol–water partition coefficient (Wildman–Crippen LogP) is 5.44. The van der Waals surface area contributed by atoms with Gasteiger partial charge in [0.05, 0.1) is 29.4 Å². The van der Waals surface area contributed by atoms with Crippen LogP contribution < -0.4 is 14.2 Å². The van der Waals surface area contributed by atoms with Gasteiger partial charge in [-0.3, -0.25) is 0 Å². The summed E-state index contributed by atoms with van der Waals surface area (Å²) in [5.74, 6) is -4.09. The van der Waals surface area contributed by atoms with Crippen LogP contribution in [0, 0.1) is 6.92 Å². The first kappa shape index (κ1) is 25.8. The van der Waals surface area contributed by atoms with Crippen LogP contribution in [-0.4, -0.2) is 31.0 Å². The molecular formula is C30H22O8. The van der Waals surface area contributed by atoms with Gasteiger partial charge < -0.3 is 18.9 Å². The van der Waals surface area contributed by atoms with Gasteiger partial charge in [-0.1, -0.05) is 54.6 Å². The summed E-state index contributed by atoms with van der Waals surface area (Å²) in [4.78, 5) is 51.5. The molecule has 0 amide bonds. The SMILES string of the molecule is COC(=O)c1cc(OC(=O)c2ccccc2)c(OC(=O)c2ccccc2)c(OC(=O)c2ccccc2)c1C. The van der Waals surface area contributed by atoms with Crippen molar-refractivity contribution >= 4 is 23.9 Å². The molecular weight excluding hydrogens is 488 g/mol. The molecule has 4 aromatic rings. The van der Waals surface area contributed by atoms with E-state index in [0.717, 1.165) is 0 Å². The summed E-state index contributed by atoms with van der Waals surface area (Å²) in [6.07, 6.45) is 0. The van der Waals surface area contributed by atoms with Crippen molar-refractivity contribution in [2.45, 2.75) is 6.92 Å². The van der Waals surface area contributed by atoms with Gasteiger partial charge in [-0.25, -0.2) is 19.2 Å². The quantitative estimate of drug-likeness (QED) is 0.239. The van der Waals surface area contributed by atoms with Gasteiger partial charge in [-0.15, -0.1) is 0 Å². The summed E-state index contributed by atoms with van der Waals surface area (Å²) in [7, 11) is 1.18. The third-order valence-corrected chi connectivity index (χ3v) is 5.48. The van der Waals surface area contributed by atoms with Crippen molar-refractivity contribution in [1.82, 2.24) is 0 Å². The average Bonchev–Trinajstić information content (AvgIpc) is 2.96. The standard InChI is InChI=1S/C30H22O8/c1-19-23(30(34)35-2)18-24(36-27(31)20-12-6-3-7-13-20)26(38-29(33)22-16-10-5-11-17-22)25(19)37-28(32)21-14-8-4-9-15-21/h3-18H,1-2H3. The van der Waals surface area contributed by atoms with Crippen molar-refractivity contribution in [2.24, 2.45) is 0 Å². The molecule has 0 radical (unpaired) electrons. The van der Waals surface area contributed by atoms with E-state index in [2.05, 4.69) is 0 Å². The molecule has 0 bridgehead atoms. The highest BCUT2D eigenvalue weighted by atomic mass is 16.6. The summed E-state index contributed by atoms with van der Waals surface area (Å²) in [5, 5.41) is 0. The Kier molecular flexibility index (Phi) is 7.93. The van der Waals surface area contributed by atoms with E-state index in [-0.39, 0.29) is 45.1 Å². The molecule has 0 unspecified atom stereocenters. The fourth-order valence-electron chi connectivity index (χ4n) is 3.51. The first-order chi connectivity index (χ1) is 18.4. The minimum atomic E-state index is -0.801. The van der Waals surface area contributed by atoms with E-state index in [9.17, 15) is 19.2 Å². The van der Waals surface area contributed by atoms with Crippen LogP contribution in [0.3, 0.4) is 0 Å². The fourth-order valence-corrected chi connectivity index (χ4v) is 3.51. The van der Waals surface area contributed by atoms with Crippen molar-refractivity contribution in [3.63, 3.8) is 0 Å². The van der Waals surface area contributed by atoms with E-state index in [1.54, 1.807) is 54.6 Å². The molecule has 8 nitrogen and oxygen atoms in total. The number of carbonyl (C=O) groups is 4. The van der Waals surface area contributed by atoms with Gasteiger partial charge in [-0.05, 0) is 49.4 Å². The molecule has 0 aliphatic rings. The third-order valence-electron chi connectivity index (χ3n) is 5.48. The first-order valence-electron chi connectivity index (χ1n) is 11.5. The fraction of sp³-hybridized carbons (Fsp3) is 0.0667. The summed E-state index contributed by atoms with van der Waals surface area (Å²) in [6.45, 7) is 1.49. The van der Waals surface area contributed by atoms with Crippen LogP contribution in [0.2, 0.25) is 0 Å². The monoisotopic (exact) mass is 510 g/mol. The van der Waals surface area contributed by atoms with Gasteiger partial charge in [0, 0.05) is 5.56 Å². The third kappa shape index (κ3) is 5.76. The summed E-state index contributed by atoms with van der Waals surface area (Å²) >= 11 is 0. The molecule has 0 saturated heterocycles. The smallest absolute Gasteiger partial charge is 0.343 e. The minimum Gasteiger partial charge on any atom is -0.465 e. The van der Waals surface area contributed by atoms with Crippen LogP contribution in [-0.2, 0) is 4.74 Å². The number of methoxy groups -OCH3 is 1. The Balaban J connectivity index is 1.86. The molecule has 38 heavy (non-hydrogen) atoms. The van der Waals surface area contributed by atoms with Crippen molar-refractivity contribution in [2.75, 3.05) is 7.11 Å². The Morgan fingerprint density at radius 3 is 1.34 bits per heavy atom. The summed E-state index contributed by atoms with van der Waals surface area (Å²) in [6, 6.07) is 25.5. The number of hydrogen-bond donors (Lipinski definition) is 0. The molecule has 0 N–H and O–H groups in total. The number of esters is 4. The van der Waals surface area contributed by atoms with Crippen LogP contribution in [0.5, 0.6) is 17.2 Å². The molecule has 4 aromatic carbocycles. The zero-order valence-corrected chi connectivity index (χ0v) is 20.5. The Morgan fingerprint density at radius 2 is 0.921 bits per heavy atom. The molecule has 0 aliphatic heterocycles. The normalized spacial score (nSPS) is 10.3. The number of carbonyl (C=O) groups excluding carboxylic acids is 4. The van der Waals surface area contributed by atoms with Crippen LogP contribution in [0.1, 0.15) is 47.0 Å².